The minimum absolute atomic E-state index is 0.0449. The molecule has 0 radical (unpaired) electrons. The zero-order valence-electron chi connectivity index (χ0n) is 20.4. The summed E-state index contributed by atoms with van der Waals surface area (Å²) in [6, 6.07) is 6.69. The highest BCUT2D eigenvalue weighted by atomic mass is 16.7. The molecule has 2 amide bonds. The van der Waals surface area contributed by atoms with Gasteiger partial charge in [-0.05, 0) is 11.1 Å². The highest BCUT2D eigenvalue weighted by Gasteiger charge is 2.10. The summed E-state index contributed by atoms with van der Waals surface area (Å²) in [6.45, 7) is 4.63. The van der Waals surface area contributed by atoms with Gasteiger partial charge in [0, 0.05) is 12.2 Å². The summed E-state index contributed by atoms with van der Waals surface area (Å²) in [5.41, 5.74) is 5.61. The Balaban J connectivity index is 2.22. The smallest absolute Gasteiger partial charge is 0.344 e. The molecule has 0 spiro atoms. The Morgan fingerprint density at radius 2 is 1.08 bits per heavy atom. The van der Waals surface area contributed by atoms with Crippen molar-refractivity contribution in [2.24, 2.45) is 0 Å². The Kier molecular flexibility index (Phi) is 15.5. The summed E-state index contributed by atoms with van der Waals surface area (Å²) in [6.07, 6.45) is 1.73. The van der Waals surface area contributed by atoms with E-state index in [9.17, 15) is 28.8 Å². The summed E-state index contributed by atoms with van der Waals surface area (Å²) in [5.74, 6) is -4.04. The number of hydrogen-bond donors (Lipinski definition) is 2. The number of hydrogen-bond acceptors (Lipinski definition) is 12. The molecule has 1 aromatic rings. The van der Waals surface area contributed by atoms with Crippen LogP contribution in [0, 0.1) is 0 Å². The summed E-state index contributed by atoms with van der Waals surface area (Å²) >= 11 is 0. The number of carbonyl (C=O) groups is 6. The van der Waals surface area contributed by atoms with Crippen LogP contribution < -0.4 is 11.0 Å². The van der Waals surface area contributed by atoms with Gasteiger partial charge in [0.05, 0.1) is 12.8 Å². The predicted octanol–water partition coefficient (Wildman–Crippen LogP) is -0.588. The van der Waals surface area contributed by atoms with Crippen molar-refractivity contribution in [2.75, 3.05) is 39.6 Å². The van der Waals surface area contributed by atoms with E-state index in [2.05, 4.69) is 33.6 Å². The van der Waals surface area contributed by atoms with E-state index >= 15 is 0 Å². The zero-order chi connectivity index (χ0) is 28.2. The third-order valence-electron chi connectivity index (χ3n) is 3.99. The fourth-order valence-electron chi connectivity index (χ4n) is 2.41. The number of amides is 2. The van der Waals surface area contributed by atoms with E-state index < -0.39 is 48.9 Å². The lowest BCUT2D eigenvalue weighted by Gasteiger charge is -2.09. The monoisotopic (exact) mass is 536 g/mol. The predicted molar refractivity (Wildman–Crippen MR) is 126 cm³/mol. The number of rotatable bonds is 18. The van der Waals surface area contributed by atoms with Crippen LogP contribution in [0.5, 0.6) is 0 Å². The van der Waals surface area contributed by atoms with Gasteiger partial charge in [0.15, 0.2) is 13.2 Å². The van der Waals surface area contributed by atoms with Gasteiger partial charge in [0.25, 0.3) is 0 Å². The lowest BCUT2D eigenvalue weighted by Crippen LogP contribution is -2.28. The molecule has 0 aliphatic heterocycles. The Hall–Kier alpha value is -4.56. The van der Waals surface area contributed by atoms with Crippen molar-refractivity contribution in [1.82, 2.24) is 11.0 Å². The molecule has 1 rings (SSSR count). The van der Waals surface area contributed by atoms with E-state index in [1.807, 2.05) is 0 Å². The molecule has 0 bridgehead atoms. The lowest BCUT2D eigenvalue weighted by molar-refractivity contribution is -0.158. The van der Waals surface area contributed by atoms with Crippen LogP contribution in [0.4, 0.5) is 0 Å². The second-order valence-corrected chi connectivity index (χ2v) is 6.99. The molecule has 0 saturated heterocycles. The molecule has 2 N–H and O–H groups in total. The third kappa shape index (κ3) is 15.4. The zero-order valence-corrected chi connectivity index (χ0v) is 20.4. The summed E-state index contributed by atoms with van der Waals surface area (Å²) in [7, 11) is 0. The molecule has 0 aliphatic rings. The number of nitrogens with one attached hydrogen (secondary N) is 2. The topological polar surface area (TPSA) is 182 Å². The first kappa shape index (κ1) is 31.5. The number of carbonyl (C=O) groups excluding carboxylic acids is 6. The molecule has 0 fully saturated rings. The van der Waals surface area contributed by atoms with E-state index in [1.165, 1.54) is 0 Å². The Bertz CT molecular complexity index is 933. The van der Waals surface area contributed by atoms with Gasteiger partial charge in [-0.3, -0.25) is 19.3 Å². The average molecular weight is 536 g/mol. The molecule has 0 atom stereocenters. The van der Waals surface area contributed by atoms with Crippen LogP contribution in [-0.4, -0.2) is 75.3 Å². The molecule has 0 aliphatic carbocycles. The van der Waals surface area contributed by atoms with Gasteiger partial charge < -0.3 is 18.9 Å². The fourth-order valence-corrected chi connectivity index (χ4v) is 2.41. The minimum atomic E-state index is -0.784. The van der Waals surface area contributed by atoms with E-state index in [-0.39, 0.29) is 39.3 Å². The van der Waals surface area contributed by atoms with Gasteiger partial charge >= 0.3 is 23.9 Å². The number of benzene rings is 1. The number of hydroxylamine groups is 2. The summed E-state index contributed by atoms with van der Waals surface area (Å²) in [5, 5.41) is 0. The van der Waals surface area contributed by atoms with Crippen molar-refractivity contribution in [3.8, 4) is 0 Å². The third-order valence-corrected chi connectivity index (χ3v) is 3.99. The number of esters is 4. The van der Waals surface area contributed by atoms with E-state index in [0.29, 0.717) is 11.1 Å². The maximum Gasteiger partial charge on any atom is 0.344 e. The highest BCUT2D eigenvalue weighted by Crippen LogP contribution is 2.07. The molecule has 14 heteroatoms. The Labute approximate surface area is 217 Å². The second-order valence-electron chi connectivity index (χ2n) is 6.99. The molecule has 206 valence electrons. The van der Waals surface area contributed by atoms with Crippen molar-refractivity contribution in [2.45, 2.75) is 12.8 Å². The van der Waals surface area contributed by atoms with Crippen molar-refractivity contribution in [3.63, 3.8) is 0 Å². The first-order valence-electron chi connectivity index (χ1n) is 11.0. The van der Waals surface area contributed by atoms with Crippen LogP contribution in [-0.2, 0) is 70.2 Å². The van der Waals surface area contributed by atoms with Crippen molar-refractivity contribution < 1.29 is 57.4 Å². The highest BCUT2D eigenvalue weighted by molar-refractivity contribution is 5.84. The van der Waals surface area contributed by atoms with Crippen LogP contribution in [0.1, 0.15) is 11.1 Å². The van der Waals surface area contributed by atoms with Gasteiger partial charge in [-0.15, -0.1) is 0 Å². The molecule has 14 nitrogen and oxygen atoms in total. The molecular weight excluding hydrogens is 508 g/mol. The van der Waals surface area contributed by atoms with Crippen LogP contribution in [0.2, 0.25) is 0 Å². The normalized spacial score (nSPS) is 9.89. The Morgan fingerprint density at radius 3 is 1.47 bits per heavy atom. The van der Waals surface area contributed by atoms with Crippen LogP contribution in [0.25, 0.3) is 0 Å². The van der Waals surface area contributed by atoms with Gasteiger partial charge in [-0.25, -0.2) is 30.1 Å². The molecule has 0 aromatic heterocycles. The molecule has 0 unspecified atom stereocenters. The summed E-state index contributed by atoms with van der Waals surface area (Å²) in [4.78, 5) is 78.2. The SMILES string of the molecule is C=CC(=O)OCC(=O)OCCONC(=O)Cc1cccc(CC(=O)NOCCOC(=O)COC(=O)C=C)c1. The summed E-state index contributed by atoms with van der Waals surface area (Å²) < 4.78 is 18.5. The minimum Gasteiger partial charge on any atom is -0.461 e. The van der Waals surface area contributed by atoms with Crippen molar-refractivity contribution in [1.29, 1.82) is 0 Å². The average Bonchev–Trinajstić information content (AvgIpc) is 2.89. The second kappa shape index (κ2) is 18.7. The van der Waals surface area contributed by atoms with Crippen LogP contribution in [0.15, 0.2) is 49.6 Å². The van der Waals surface area contributed by atoms with Crippen LogP contribution in [0.3, 0.4) is 0 Å². The first-order valence-corrected chi connectivity index (χ1v) is 11.0. The standard InChI is InChI=1S/C24H28N2O12/c1-3-21(29)35-15-23(31)33-8-10-37-25-19(27)13-17-6-5-7-18(12-17)14-20(28)26-38-11-9-34-24(32)16-36-22(30)4-2/h3-7,12H,1-2,8-11,13-16H2,(H,25,27)(H,26,28). The van der Waals surface area contributed by atoms with Crippen molar-refractivity contribution >= 4 is 35.7 Å². The maximum atomic E-state index is 12.0. The molecular formula is C24H28N2O12. The molecule has 0 saturated carbocycles. The lowest BCUT2D eigenvalue weighted by atomic mass is 10.1. The quantitative estimate of drug-likeness (QED) is 0.0801. The molecule has 1 aromatic carbocycles. The largest absolute Gasteiger partial charge is 0.461 e. The van der Waals surface area contributed by atoms with E-state index in [4.69, 9.17) is 19.1 Å². The fraction of sp³-hybridized carbons (Fsp3) is 0.333. The van der Waals surface area contributed by atoms with Gasteiger partial charge in [-0.1, -0.05) is 37.4 Å². The molecule has 0 heterocycles. The maximum absolute atomic E-state index is 12.0. The van der Waals surface area contributed by atoms with Crippen molar-refractivity contribution in [3.05, 3.63) is 60.7 Å². The van der Waals surface area contributed by atoms with E-state index in [1.54, 1.807) is 24.3 Å². The molecule has 38 heavy (non-hydrogen) atoms. The van der Waals surface area contributed by atoms with Gasteiger partial charge in [0.2, 0.25) is 11.8 Å². The van der Waals surface area contributed by atoms with Gasteiger partial charge in [0.1, 0.15) is 26.4 Å². The van der Waals surface area contributed by atoms with Gasteiger partial charge in [-0.2, -0.15) is 0 Å². The Morgan fingerprint density at radius 1 is 0.658 bits per heavy atom. The van der Waals surface area contributed by atoms with Crippen LogP contribution >= 0.6 is 0 Å². The van der Waals surface area contributed by atoms with E-state index in [0.717, 1.165) is 12.2 Å². The first-order chi connectivity index (χ1) is 18.2. The number of ether oxygens (including phenoxy) is 4.